The number of para-hydroxylation sites is 3. The second kappa shape index (κ2) is 13.0. The van der Waals surface area contributed by atoms with Crippen molar-refractivity contribution < 1.29 is 0 Å². The van der Waals surface area contributed by atoms with Gasteiger partial charge in [-0.2, -0.15) is 0 Å². The summed E-state index contributed by atoms with van der Waals surface area (Å²) in [5.41, 5.74) is 14.7. The van der Waals surface area contributed by atoms with E-state index in [-0.39, 0.29) is 0 Å². The fraction of sp³-hybridized carbons (Fsp3) is 0. The van der Waals surface area contributed by atoms with E-state index < -0.39 is 0 Å². The number of fused-ring (bicyclic) bond motifs is 6. The van der Waals surface area contributed by atoms with Gasteiger partial charge in [-0.25, -0.2) is 9.97 Å². The Balaban J connectivity index is 1.12. The van der Waals surface area contributed by atoms with Crippen LogP contribution in [0, 0.1) is 0 Å². The molecule has 0 saturated carbocycles. The minimum Gasteiger partial charge on any atom is -0.309 e. The molecule has 5 heteroatoms. The van der Waals surface area contributed by atoms with Crippen LogP contribution in [0.1, 0.15) is 0 Å². The summed E-state index contributed by atoms with van der Waals surface area (Å²) in [6.45, 7) is 0. The van der Waals surface area contributed by atoms with Crippen molar-refractivity contribution in [3.8, 4) is 56.4 Å². The summed E-state index contributed by atoms with van der Waals surface area (Å²) in [7, 11) is 0. The maximum absolute atomic E-state index is 5.15. The molecule has 0 fully saturated rings. The van der Waals surface area contributed by atoms with Gasteiger partial charge < -0.3 is 9.13 Å². The standard InChI is InChI=1S/C51H33N5/c1-4-15-34(16-5-1)44-33-45(54-51(53-44)35-17-6-2-7-18-35)37-19-12-22-39(31-37)55-47-27-14-30-52-49(47)43-29-28-36(32-48(43)55)40-24-13-25-42-41-23-10-11-26-46(41)56(50(40)42)38-20-8-3-9-21-38/h1-33H. The van der Waals surface area contributed by atoms with Crippen LogP contribution in [0.4, 0.5) is 0 Å². The van der Waals surface area contributed by atoms with E-state index in [4.69, 9.17) is 15.0 Å². The molecule has 0 atom stereocenters. The molecule has 0 spiro atoms. The molecular formula is C51H33N5. The first kappa shape index (κ1) is 31.9. The van der Waals surface area contributed by atoms with Crippen molar-refractivity contribution in [2.24, 2.45) is 0 Å². The topological polar surface area (TPSA) is 48.5 Å². The molecule has 0 amide bonds. The zero-order valence-electron chi connectivity index (χ0n) is 30.3. The number of aromatic nitrogens is 5. The van der Waals surface area contributed by atoms with Gasteiger partial charge in [-0.15, -0.1) is 0 Å². The van der Waals surface area contributed by atoms with E-state index in [2.05, 4.69) is 161 Å². The van der Waals surface area contributed by atoms with E-state index in [9.17, 15) is 0 Å². The lowest BCUT2D eigenvalue weighted by Gasteiger charge is -2.13. The van der Waals surface area contributed by atoms with Crippen LogP contribution in [-0.2, 0) is 0 Å². The highest BCUT2D eigenvalue weighted by molar-refractivity contribution is 6.15. The molecule has 11 rings (SSSR count). The van der Waals surface area contributed by atoms with Crippen LogP contribution in [0.2, 0.25) is 0 Å². The second-order valence-corrected chi connectivity index (χ2v) is 14.1. The molecule has 0 bridgehead atoms. The SMILES string of the molecule is c1ccc(-c2cc(-c3cccc(-n4c5cc(-c6cccc7c8ccccc8n(-c8ccccc8)c67)ccc5c5ncccc54)c3)nc(-c3ccccc3)n2)cc1. The molecule has 0 radical (unpaired) electrons. The summed E-state index contributed by atoms with van der Waals surface area (Å²) >= 11 is 0. The number of benzene rings is 7. The number of hydrogen-bond acceptors (Lipinski definition) is 3. The molecule has 0 saturated heterocycles. The Morgan fingerprint density at radius 2 is 1.00 bits per heavy atom. The van der Waals surface area contributed by atoms with Crippen LogP contribution in [0.15, 0.2) is 200 Å². The Morgan fingerprint density at radius 3 is 1.82 bits per heavy atom. The quantitative estimate of drug-likeness (QED) is 0.172. The molecule has 0 N–H and O–H groups in total. The molecule has 5 nitrogen and oxygen atoms in total. The van der Waals surface area contributed by atoms with E-state index in [1.165, 1.54) is 27.4 Å². The Labute approximate surface area is 323 Å². The number of rotatable bonds is 6. The van der Waals surface area contributed by atoms with Crippen LogP contribution in [0.5, 0.6) is 0 Å². The molecular weight excluding hydrogens is 683 g/mol. The molecule has 11 aromatic rings. The molecule has 4 aromatic heterocycles. The van der Waals surface area contributed by atoms with Gasteiger partial charge in [0.15, 0.2) is 5.82 Å². The fourth-order valence-corrected chi connectivity index (χ4v) is 8.25. The molecule has 4 heterocycles. The van der Waals surface area contributed by atoms with Crippen molar-refractivity contribution in [2.75, 3.05) is 0 Å². The van der Waals surface area contributed by atoms with Crippen molar-refractivity contribution in [2.45, 2.75) is 0 Å². The Hall–Kier alpha value is -7.63. The molecule has 0 aliphatic rings. The lowest BCUT2D eigenvalue weighted by Crippen LogP contribution is -1.98. The van der Waals surface area contributed by atoms with Crippen LogP contribution in [-0.4, -0.2) is 24.1 Å². The van der Waals surface area contributed by atoms with E-state index in [0.717, 1.165) is 67.0 Å². The van der Waals surface area contributed by atoms with Gasteiger partial charge in [0, 0.05) is 56.0 Å². The van der Waals surface area contributed by atoms with Gasteiger partial charge in [0.25, 0.3) is 0 Å². The largest absolute Gasteiger partial charge is 0.309 e. The minimum absolute atomic E-state index is 0.695. The Kier molecular flexibility index (Phi) is 7.42. The third kappa shape index (κ3) is 5.21. The van der Waals surface area contributed by atoms with Crippen molar-refractivity contribution in [1.82, 2.24) is 24.1 Å². The highest BCUT2D eigenvalue weighted by Crippen LogP contribution is 2.41. The lowest BCUT2D eigenvalue weighted by molar-refractivity contribution is 1.16. The zero-order valence-corrected chi connectivity index (χ0v) is 30.3. The summed E-state index contributed by atoms with van der Waals surface area (Å²) in [6.07, 6.45) is 1.88. The van der Waals surface area contributed by atoms with Crippen molar-refractivity contribution >= 4 is 43.7 Å². The summed E-state index contributed by atoms with van der Waals surface area (Å²) in [6, 6.07) is 68.3. The monoisotopic (exact) mass is 715 g/mol. The van der Waals surface area contributed by atoms with Crippen molar-refractivity contribution in [1.29, 1.82) is 0 Å². The first-order valence-corrected chi connectivity index (χ1v) is 18.9. The summed E-state index contributed by atoms with van der Waals surface area (Å²) in [5, 5.41) is 3.57. The average molecular weight is 716 g/mol. The van der Waals surface area contributed by atoms with Gasteiger partial charge in [-0.1, -0.05) is 133 Å². The number of nitrogens with zero attached hydrogens (tertiary/aromatic N) is 5. The van der Waals surface area contributed by atoms with E-state index in [1.807, 2.05) is 48.7 Å². The fourth-order valence-electron chi connectivity index (χ4n) is 8.25. The van der Waals surface area contributed by atoms with Gasteiger partial charge in [-0.3, -0.25) is 4.98 Å². The van der Waals surface area contributed by atoms with Crippen LogP contribution >= 0.6 is 0 Å². The van der Waals surface area contributed by atoms with Gasteiger partial charge >= 0.3 is 0 Å². The number of pyridine rings is 1. The minimum atomic E-state index is 0.695. The highest BCUT2D eigenvalue weighted by atomic mass is 15.0. The second-order valence-electron chi connectivity index (χ2n) is 14.1. The third-order valence-electron chi connectivity index (χ3n) is 10.8. The molecule has 0 aliphatic carbocycles. The van der Waals surface area contributed by atoms with E-state index in [0.29, 0.717) is 5.82 Å². The molecule has 0 aliphatic heterocycles. The van der Waals surface area contributed by atoms with Gasteiger partial charge in [-0.05, 0) is 66.2 Å². The smallest absolute Gasteiger partial charge is 0.160 e. The van der Waals surface area contributed by atoms with Gasteiger partial charge in [0.05, 0.1) is 39.0 Å². The van der Waals surface area contributed by atoms with Gasteiger partial charge in [0.2, 0.25) is 0 Å². The normalized spacial score (nSPS) is 11.6. The number of hydrogen-bond donors (Lipinski definition) is 0. The van der Waals surface area contributed by atoms with Crippen LogP contribution in [0.3, 0.4) is 0 Å². The lowest BCUT2D eigenvalue weighted by atomic mass is 10.0. The van der Waals surface area contributed by atoms with Crippen LogP contribution < -0.4 is 0 Å². The predicted molar refractivity (Wildman–Crippen MR) is 230 cm³/mol. The summed E-state index contributed by atoms with van der Waals surface area (Å²) < 4.78 is 4.74. The maximum atomic E-state index is 5.15. The Bertz CT molecular complexity index is 3180. The summed E-state index contributed by atoms with van der Waals surface area (Å²) in [5.74, 6) is 0.695. The van der Waals surface area contributed by atoms with E-state index in [1.54, 1.807) is 0 Å². The summed E-state index contributed by atoms with van der Waals surface area (Å²) in [4.78, 5) is 15.1. The first-order valence-electron chi connectivity index (χ1n) is 18.9. The Morgan fingerprint density at radius 1 is 0.357 bits per heavy atom. The maximum Gasteiger partial charge on any atom is 0.160 e. The molecule has 7 aromatic carbocycles. The van der Waals surface area contributed by atoms with Crippen molar-refractivity contribution in [3.63, 3.8) is 0 Å². The average Bonchev–Trinajstić information content (AvgIpc) is 3.80. The first-order chi connectivity index (χ1) is 27.8. The zero-order chi connectivity index (χ0) is 37.0. The van der Waals surface area contributed by atoms with Crippen LogP contribution in [0.25, 0.3) is 100 Å². The van der Waals surface area contributed by atoms with Gasteiger partial charge in [0.1, 0.15) is 0 Å². The molecule has 0 unspecified atom stereocenters. The predicted octanol–water partition coefficient (Wildman–Crippen LogP) is 12.7. The molecule has 56 heavy (non-hydrogen) atoms. The van der Waals surface area contributed by atoms with Crippen molar-refractivity contribution in [3.05, 3.63) is 200 Å². The highest BCUT2D eigenvalue weighted by Gasteiger charge is 2.19. The van der Waals surface area contributed by atoms with E-state index >= 15 is 0 Å². The third-order valence-corrected chi connectivity index (χ3v) is 10.8. The molecule has 262 valence electrons.